The standard InChI is InChI=1S/C14H19N3O/c1-2-15-12-13-6-3-4-7-14(13)18-11-10-17-9-5-8-16-17/h3-9,15H,2,10-12H2,1H3. The zero-order valence-electron chi connectivity index (χ0n) is 10.7. The number of hydrogen-bond acceptors (Lipinski definition) is 3. The van der Waals surface area contributed by atoms with Crippen LogP contribution in [-0.2, 0) is 13.1 Å². The molecule has 0 aliphatic carbocycles. The van der Waals surface area contributed by atoms with Gasteiger partial charge >= 0.3 is 0 Å². The van der Waals surface area contributed by atoms with Gasteiger partial charge in [0.2, 0.25) is 0 Å². The molecule has 0 aliphatic rings. The maximum Gasteiger partial charge on any atom is 0.123 e. The van der Waals surface area contributed by atoms with Gasteiger partial charge in [-0.2, -0.15) is 5.10 Å². The molecule has 4 heteroatoms. The minimum absolute atomic E-state index is 0.630. The van der Waals surface area contributed by atoms with Crippen molar-refractivity contribution in [3.05, 3.63) is 48.3 Å². The highest BCUT2D eigenvalue weighted by Gasteiger charge is 2.02. The number of rotatable bonds is 7. The van der Waals surface area contributed by atoms with E-state index in [4.69, 9.17) is 4.74 Å². The van der Waals surface area contributed by atoms with Gasteiger partial charge in [-0.15, -0.1) is 0 Å². The van der Waals surface area contributed by atoms with Crippen molar-refractivity contribution >= 4 is 0 Å². The van der Waals surface area contributed by atoms with Gasteiger partial charge in [-0.25, -0.2) is 0 Å². The smallest absolute Gasteiger partial charge is 0.123 e. The number of para-hydroxylation sites is 1. The van der Waals surface area contributed by atoms with Crippen LogP contribution in [0, 0.1) is 0 Å². The van der Waals surface area contributed by atoms with Crippen LogP contribution in [0.3, 0.4) is 0 Å². The van der Waals surface area contributed by atoms with Crippen LogP contribution < -0.4 is 10.1 Å². The zero-order chi connectivity index (χ0) is 12.6. The molecule has 0 bridgehead atoms. The number of hydrogen-bond donors (Lipinski definition) is 1. The summed E-state index contributed by atoms with van der Waals surface area (Å²) in [5, 5.41) is 7.46. The molecule has 0 amide bonds. The van der Waals surface area contributed by atoms with Crippen LogP contribution in [-0.4, -0.2) is 22.9 Å². The van der Waals surface area contributed by atoms with Crippen LogP contribution in [0.2, 0.25) is 0 Å². The fraction of sp³-hybridized carbons (Fsp3) is 0.357. The van der Waals surface area contributed by atoms with Gasteiger partial charge in [-0.05, 0) is 18.7 Å². The Morgan fingerprint density at radius 1 is 1.28 bits per heavy atom. The first-order valence-corrected chi connectivity index (χ1v) is 6.29. The van der Waals surface area contributed by atoms with Crippen molar-refractivity contribution in [2.24, 2.45) is 0 Å². The highest BCUT2D eigenvalue weighted by molar-refractivity contribution is 5.33. The average Bonchev–Trinajstić information content (AvgIpc) is 2.91. The van der Waals surface area contributed by atoms with E-state index in [2.05, 4.69) is 23.4 Å². The Labute approximate surface area is 108 Å². The van der Waals surface area contributed by atoms with E-state index in [0.717, 1.165) is 25.4 Å². The molecule has 0 unspecified atom stereocenters. The van der Waals surface area contributed by atoms with Gasteiger partial charge in [-0.1, -0.05) is 25.1 Å². The van der Waals surface area contributed by atoms with Crippen molar-refractivity contribution < 1.29 is 4.74 Å². The summed E-state index contributed by atoms with van der Waals surface area (Å²) in [4.78, 5) is 0. The van der Waals surface area contributed by atoms with E-state index < -0.39 is 0 Å². The highest BCUT2D eigenvalue weighted by atomic mass is 16.5. The van der Waals surface area contributed by atoms with E-state index in [0.29, 0.717) is 6.61 Å². The molecule has 0 fully saturated rings. The molecule has 0 saturated carbocycles. The summed E-state index contributed by atoms with van der Waals surface area (Å²) in [6, 6.07) is 10.0. The number of benzene rings is 1. The monoisotopic (exact) mass is 245 g/mol. The topological polar surface area (TPSA) is 39.1 Å². The molecule has 1 aromatic heterocycles. The summed E-state index contributed by atoms with van der Waals surface area (Å²) in [6.45, 7) is 5.30. The third-order valence-electron chi connectivity index (χ3n) is 2.68. The number of nitrogens with zero attached hydrogens (tertiary/aromatic N) is 2. The Hall–Kier alpha value is -1.81. The molecule has 96 valence electrons. The van der Waals surface area contributed by atoms with Gasteiger partial charge in [-0.3, -0.25) is 4.68 Å². The van der Waals surface area contributed by atoms with Gasteiger partial charge in [0.25, 0.3) is 0 Å². The Morgan fingerprint density at radius 2 is 2.17 bits per heavy atom. The first-order chi connectivity index (χ1) is 8.90. The molecule has 0 atom stereocenters. The van der Waals surface area contributed by atoms with E-state index in [1.165, 1.54) is 5.56 Å². The van der Waals surface area contributed by atoms with Crippen molar-refractivity contribution in [1.29, 1.82) is 0 Å². The van der Waals surface area contributed by atoms with E-state index in [1.807, 2.05) is 35.1 Å². The molecule has 0 aliphatic heterocycles. The molecule has 0 radical (unpaired) electrons. The number of aromatic nitrogens is 2. The molecule has 0 spiro atoms. The van der Waals surface area contributed by atoms with Crippen molar-refractivity contribution in [3.8, 4) is 5.75 Å². The van der Waals surface area contributed by atoms with Gasteiger partial charge in [0.05, 0.1) is 6.54 Å². The molecule has 4 nitrogen and oxygen atoms in total. The Morgan fingerprint density at radius 3 is 2.94 bits per heavy atom. The number of nitrogens with one attached hydrogen (secondary N) is 1. The van der Waals surface area contributed by atoms with E-state index in [9.17, 15) is 0 Å². The molecular formula is C14H19N3O. The normalized spacial score (nSPS) is 10.5. The summed E-state index contributed by atoms with van der Waals surface area (Å²) >= 11 is 0. The van der Waals surface area contributed by atoms with Gasteiger partial charge in [0.1, 0.15) is 12.4 Å². The second-order valence-corrected chi connectivity index (χ2v) is 4.01. The van der Waals surface area contributed by atoms with Crippen molar-refractivity contribution in [3.63, 3.8) is 0 Å². The van der Waals surface area contributed by atoms with Crippen LogP contribution in [0.15, 0.2) is 42.7 Å². The minimum Gasteiger partial charge on any atom is -0.491 e. The average molecular weight is 245 g/mol. The van der Waals surface area contributed by atoms with Crippen LogP contribution in [0.4, 0.5) is 0 Å². The van der Waals surface area contributed by atoms with E-state index in [-0.39, 0.29) is 0 Å². The van der Waals surface area contributed by atoms with Crippen LogP contribution in [0.5, 0.6) is 5.75 Å². The van der Waals surface area contributed by atoms with Crippen LogP contribution in [0.25, 0.3) is 0 Å². The third kappa shape index (κ3) is 3.60. The molecular weight excluding hydrogens is 226 g/mol. The van der Waals surface area contributed by atoms with Gasteiger partial charge in [0.15, 0.2) is 0 Å². The highest BCUT2D eigenvalue weighted by Crippen LogP contribution is 2.17. The van der Waals surface area contributed by atoms with Crippen molar-refractivity contribution in [1.82, 2.24) is 15.1 Å². The van der Waals surface area contributed by atoms with E-state index >= 15 is 0 Å². The zero-order valence-corrected chi connectivity index (χ0v) is 10.7. The van der Waals surface area contributed by atoms with E-state index in [1.54, 1.807) is 6.20 Å². The lowest BCUT2D eigenvalue weighted by atomic mass is 10.2. The predicted molar refractivity (Wildman–Crippen MR) is 71.5 cm³/mol. The van der Waals surface area contributed by atoms with Crippen LogP contribution in [0.1, 0.15) is 12.5 Å². The quantitative estimate of drug-likeness (QED) is 0.811. The second-order valence-electron chi connectivity index (χ2n) is 4.01. The molecule has 2 rings (SSSR count). The summed E-state index contributed by atoms with van der Waals surface area (Å²) < 4.78 is 7.67. The van der Waals surface area contributed by atoms with Crippen molar-refractivity contribution in [2.75, 3.05) is 13.2 Å². The van der Waals surface area contributed by atoms with Gasteiger partial charge in [0, 0.05) is 24.5 Å². The maximum absolute atomic E-state index is 5.81. The molecule has 0 saturated heterocycles. The molecule has 1 aromatic carbocycles. The molecule has 1 N–H and O–H groups in total. The molecule has 2 aromatic rings. The first-order valence-electron chi connectivity index (χ1n) is 6.29. The van der Waals surface area contributed by atoms with Crippen molar-refractivity contribution in [2.45, 2.75) is 20.0 Å². The maximum atomic E-state index is 5.81. The lowest BCUT2D eigenvalue weighted by Crippen LogP contribution is -2.14. The summed E-state index contributed by atoms with van der Waals surface area (Å²) in [7, 11) is 0. The Balaban J connectivity index is 1.87. The Kier molecular flexibility index (Phi) is 4.78. The molecule has 1 heterocycles. The summed E-state index contributed by atoms with van der Waals surface area (Å²) in [6.07, 6.45) is 3.72. The minimum atomic E-state index is 0.630. The van der Waals surface area contributed by atoms with Crippen LogP contribution >= 0.6 is 0 Å². The fourth-order valence-corrected chi connectivity index (χ4v) is 1.73. The number of ether oxygens (including phenoxy) is 1. The third-order valence-corrected chi connectivity index (χ3v) is 2.68. The first kappa shape index (κ1) is 12.6. The largest absolute Gasteiger partial charge is 0.491 e. The SMILES string of the molecule is CCNCc1ccccc1OCCn1cccn1. The fourth-order valence-electron chi connectivity index (χ4n) is 1.73. The van der Waals surface area contributed by atoms with Gasteiger partial charge < -0.3 is 10.1 Å². The lowest BCUT2D eigenvalue weighted by Gasteiger charge is -2.11. The Bertz CT molecular complexity index is 454. The predicted octanol–water partition coefficient (Wildman–Crippen LogP) is 2.07. The second kappa shape index (κ2) is 6.81. The molecule has 18 heavy (non-hydrogen) atoms. The lowest BCUT2D eigenvalue weighted by molar-refractivity contribution is 0.288. The summed E-state index contributed by atoms with van der Waals surface area (Å²) in [5.41, 5.74) is 1.19. The summed E-state index contributed by atoms with van der Waals surface area (Å²) in [5.74, 6) is 0.950.